The van der Waals surface area contributed by atoms with E-state index in [0.717, 1.165) is 57.8 Å². The maximum Gasteiger partial charge on any atom is 0.472 e. The van der Waals surface area contributed by atoms with Gasteiger partial charge in [-0.2, -0.15) is 0 Å². The molecule has 0 rings (SSSR count). The van der Waals surface area contributed by atoms with Crippen LogP contribution in [0.3, 0.4) is 0 Å². The zero-order valence-electron chi connectivity index (χ0n) is 38.8. The molecular weight excluding hydrogens is 778 g/mol. The lowest BCUT2D eigenvalue weighted by atomic mass is 10.0. The zero-order valence-corrected chi connectivity index (χ0v) is 39.7. The van der Waals surface area contributed by atoms with E-state index < -0.39 is 45.1 Å². The fourth-order valence-electron chi connectivity index (χ4n) is 7.11. The normalized spacial score (nSPS) is 13.9. The van der Waals surface area contributed by atoms with E-state index in [-0.39, 0.29) is 13.0 Å². The molecule has 11 heteroatoms. The standard InChI is InChI=1S/C49H94NO9P/c1-3-5-7-9-11-13-15-17-19-20-21-22-23-24-25-26-28-30-32-34-36-38-40-42-56-43-46(44-57-60(54,55)58-45-47(50)49(52)53)59-48(51)41-39-37-35-33-31-29-27-18-16-14-12-10-8-6-4-2/h12,14,18,27,46-47H,3-11,13,15-17,19-26,28-45,50H2,1-2H3,(H,52,53)(H,54,55)/b14-12-,27-18-. The Morgan fingerprint density at radius 3 is 1.38 bits per heavy atom. The third kappa shape index (κ3) is 44.5. The number of carbonyl (C=O) groups is 2. The number of unbranched alkanes of at least 4 members (excludes halogenated alkanes) is 30. The number of esters is 1. The molecule has 0 fully saturated rings. The van der Waals surface area contributed by atoms with Gasteiger partial charge in [0, 0.05) is 13.0 Å². The van der Waals surface area contributed by atoms with Crippen LogP contribution in [0.1, 0.15) is 239 Å². The largest absolute Gasteiger partial charge is 0.480 e. The van der Waals surface area contributed by atoms with E-state index in [0.29, 0.717) is 13.0 Å². The van der Waals surface area contributed by atoms with Crippen molar-refractivity contribution < 1.29 is 42.7 Å². The van der Waals surface area contributed by atoms with E-state index >= 15 is 0 Å². The number of hydrogen-bond donors (Lipinski definition) is 3. The van der Waals surface area contributed by atoms with Gasteiger partial charge in [0.15, 0.2) is 0 Å². The van der Waals surface area contributed by atoms with Gasteiger partial charge >= 0.3 is 19.8 Å². The van der Waals surface area contributed by atoms with Crippen LogP contribution < -0.4 is 5.73 Å². The molecule has 0 saturated heterocycles. The summed E-state index contributed by atoms with van der Waals surface area (Å²) in [6.45, 7) is 3.88. The van der Waals surface area contributed by atoms with Gasteiger partial charge in [0.2, 0.25) is 0 Å². The molecule has 4 N–H and O–H groups in total. The van der Waals surface area contributed by atoms with Gasteiger partial charge in [-0.1, -0.05) is 212 Å². The fraction of sp³-hybridized carbons (Fsp3) is 0.878. The van der Waals surface area contributed by atoms with Gasteiger partial charge in [-0.25, -0.2) is 4.57 Å². The summed E-state index contributed by atoms with van der Waals surface area (Å²) in [6.07, 6.45) is 51.0. The Hall–Kier alpha value is -1.55. The fourth-order valence-corrected chi connectivity index (χ4v) is 7.88. The summed E-state index contributed by atoms with van der Waals surface area (Å²) in [4.78, 5) is 33.6. The summed E-state index contributed by atoms with van der Waals surface area (Å²) in [7, 11) is -4.62. The van der Waals surface area contributed by atoms with Crippen LogP contribution in [0, 0.1) is 0 Å². The number of nitrogens with two attached hydrogens (primary N) is 1. The molecule has 0 saturated carbocycles. The molecule has 0 bridgehead atoms. The molecule has 0 aromatic rings. The van der Waals surface area contributed by atoms with Crippen molar-refractivity contribution in [3.05, 3.63) is 24.3 Å². The van der Waals surface area contributed by atoms with Gasteiger partial charge in [0.05, 0.1) is 19.8 Å². The summed E-state index contributed by atoms with van der Waals surface area (Å²) in [5.41, 5.74) is 5.37. The van der Waals surface area contributed by atoms with Crippen LogP contribution in [-0.4, -0.2) is 60.5 Å². The molecule has 3 unspecified atom stereocenters. The molecule has 10 nitrogen and oxygen atoms in total. The van der Waals surface area contributed by atoms with Gasteiger partial charge in [0.1, 0.15) is 12.1 Å². The highest BCUT2D eigenvalue weighted by Gasteiger charge is 2.27. The van der Waals surface area contributed by atoms with E-state index in [1.54, 1.807) is 0 Å². The van der Waals surface area contributed by atoms with Crippen molar-refractivity contribution in [3.63, 3.8) is 0 Å². The molecule has 0 amide bonds. The molecular formula is C49H94NO9P. The predicted molar refractivity (Wildman–Crippen MR) is 249 cm³/mol. The second kappa shape index (κ2) is 45.5. The van der Waals surface area contributed by atoms with Crippen molar-refractivity contribution in [3.8, 4) is 0 Å². The zero-order chi connectivity index (χ0) is 44.0. The molecule has 0 heterocycles. The minimum Gasteiger partial charge on any atom is -0.480 e. The number of carboxylic acids is 1. The van der Waals surface area contributed by atoms with Crippen molar-refractivity contribution in [1.82, 2.24) is 0 Å². The third-order valence-electron chi connectivity index (χ3n) is 11.0. The smallest absolute Gasteiger partial charge is 0.472 e. The molecule has 3 atom stereocenters. The lowest BCUT2D eigenvalue weighted by molar-refractivity contribution is -0.154. The average Bonchev–Trinajstić information content (AvgIpc) is 3.23. The van der Waals surface area contributed by atoms with Crippen molar-refractivity contribution in [2.45, 2.75) is 251 Å². The number of phosphoric ester groups is 1. The minimum atomic E-state index is -4.62. The maximum absolute atomic E-state index is 12.7. The Morgan fingerprint density at radius 1 is 0.533 bits per heavy atom. The quantitative estimate of drug-likeness (QED) is 0.0233. The highest BCUT2D eigenvalue weighted by molar-refractivity contribution is 7.47. The predicted octanol–water partition coefficient (Wildman–Crippen LogP) is 14.3. The van der Waals surface area contributed by atoms with E-state index in [9.17, 15) is 19.0 Å². The van der Waals surface area contributed by atoms with Gasteiger partial charge in [-0.05, 0) is 44.9 Å². The van der Waals surface area contributed by atoms with Gasteiger partial charge in [-0.15, -0.1) is 0 Å². The molecule has 0 aromatic carbocycles. The SMILES string of the molecule is CCCCC/C=C\C/C=C\CCCCCCCC(=O)OC(COCCCCCCCCCCCCCCCCCCCCCCCCC)COP(=O)(O)OCC(N)C(=O)O. The second-order valence-electron chi connectivity index (χ2n) is 17.0. The topological polar surface area (TPSA) is 155 Å². The number of allylic oxidation sites excluding steroid dienone is 4. The number of ether oxygens (including phenoxy) is 2. The number of rotatable bonds is 48. The van der Waals surface area contributed by atoms with Crippen molar-refractivity contribution in [2.24, 2.45) is 5.73 Å². The Kier molecular flexibility index (Phi) is 44.3. The number of carbonyl (C=O) groups excluding carboxylic acids is 1. The first-order valence-corrected chi connectivity index (χ1v) is 26.4. The number of phosphoric acid groups is 1. The van der Waals surface area contributed by atoms with Crippen LogP contribution in [0.2, 0.25) is 0 Å². The van der Waals surface area contributed by atoms with Gasteiger partial charge < -0.3 is 25.2 Å². The van der Waals surface area contributed by atoms with Crippen molar-refractivity contribution in [1.29, 1.82) is 0 Å². The monoisotopic (exact) mass is 872 g/mol. The third-order valence-corrected chi connectivity index (χ3v) is 11.9. The first kappa shape index (κ1) is 58.5. The first-order chi connectivity index (χ1) is 29.2. The highest BCUT2D eigenvalue weighted by atomic mass is 31.2. The second-order valence-corrected chi connectivity index (χ2v) is 18.4. The number of aliphatic carboxylic acids is 1. The Labute approximate surface area is 368 Å². The lowest BCUT2D eigenvalue weighted by Crippen LogP contribution is -2.34. The molecule has 0 radical (unpaired) electrons. The van der Waals surface area contributed by atoms with E-state index in [1.165, 1.54) is 154 Å². The van der Waals surface area contributed by atoms with Crippen LogP contribution in [0.15, 0.2) is 24.3 Å². The van der Waals surface area contributed by atoms with Crippen LogP contribution in [-0.2, 0) is 32.7 Å². The highest BCUT2D eigenvalue weighted by Crippen LogP contribution is 2.43. The molecule has 0 aliphatic carbocycles. The van der Waals surface area contributed by atoms with Gasteiger partial charge in [0.25, 0.3) is 0 Å². The van der Waals surface area contributed by atoms with Crippen LogP contribution >= 0.6 is 7.82 Å². The van der Waals surface area contributed by atoms with Crippen LogP contribution in [0.4, 0.5) is 0 Å². The lowest BCUT2D eigenvalue weighted by Gasteiger charge is -2.20. The van der Waals surface area contributed by atoms with E-state index in [2.05, 4.69) is 38.2 Å². The first-order valence-electron chi connectivity index (χ1n) is 24.9. The molecule has 0 aliphatic rings. The van der Waals surface area contributed by atoms with Gasteiger partial charge in [-0.3, -0.25) is 18.6 Å². The Morgan fingerprint density at radius 2 is 0.917 bits per heavy atom. The van der Waals surface area contributed by atoms with Crippen LogP contribution in [0.5, 0.6) is 0 Å². The summed E-state index contributed by atoms with van der Waals surface area (Å²) >= 11 is 0. The Bertz CT molecular complexity index is 1060. The maximum atomic E-state index is 12.7. The number of carboxylic acid groups (broad SMARTS) is 1. The van der Waals surface area contributed by atoms with Crippen molar-refractivity contribution >= 4 is 19.8 Å². The summed E-state index contributed by atoms with van der Waals surface area (Å²) in [5, 5.41) is 8.91. The summed E-state index contributed by atoms with van der Waals surface area (Å²) in [5.74, 6) is -1.78. The summed E-state index contributed by atoms with van der Waals surface area (Å²) < 4.78 is 33.4. The molecule has 0 spiro atoms. The average molecular weight is 872 g/mol. The van der Waals surface area contributed by atoms with E-state index in [4.69, 9.17) is 29.4 Å². The number of hydrogen-bond acceptors (Lipinski definition) is 8. The molecule has 0 aliphatic heterocycles. The molecule has 354 valence electrons. The molecule has 60 heavy (non-hydrogen) atoms. The van der Waals surface area contributed by atoms with E-state index in [1.807, 2.05) is 0 Å². The minimum absolute atomic E-state index is 0.0157. The molecule has 0 aromatic heterocycles. The Balaban J connectivity index is 4.09. The van der Waals surface area contributed by atoms with Crippen LogP contribution in [0.25, 0.3) is 0 Å². The summed E-state index contributed by atoms with van der Waals surface area (Å²) in [6, 6.07) is -1.47. The van der Waals surface area contributed by atoms with Crippen molar-refractivity contribution in [2.75, 3.05) is 26.4 Å².